The van der Waals surface area contributed by atoms with Crippen molar-refractivity contribution in [3.05, 3.63) is 81.1 Å². The van der Waals surface area contributed by atoms with Crippen molar-refractivity contribution in [2.24, 2.45) is 0 Å². The number of ether oxygens (including phenoxy) is 1. The lowest BCUT2D eigenvalue weighted by molar-refractivity contribution is -0.123. The number of nitrogens with zero attached hydrogens (tertiary/aromatic N) is 2. The van der Waals surface area contributed by atoms with Gasteiger partial charge in [-0.15, -0.1) is 0 Å². The maximum absolute atomic E-state index is 13.7. The van der Waals surface area contributed by atoms with Crippen molar-refractivity contribution in [1.82, 2.24) is 9.78 Å². The lowest BCUT2D eigenvalue weighted by atomic mass is 10.2. The number of rotatable bonds is 6. The van der Waals surface area contributed by atoms with Crippen LogP contribution in [0.25, 0.3) is 0 Å². The van der Waals surface area contributed by atoms with Crippen LogP contribution in [0.4, 0.5) is 14.5 Å². The Labute approximate surface area is 186 Å². The van der Waals surface area contributed by atoms with Crippen LogP contribution >= 0.6 is 23.2 Å². The number of amides is 1. The van der Waals surface area contributed by atoms with Gasteiger partial charge in [0.2, 0.25) is 0 Å². The molecular weight excluding hydrogens is 451 g/mol. The average molecular weight is 468 g/mol. The number of nitrogens with one attached hydrogen (secondary N) is 1. The van der Waals surface area contributed by atoms with Crippen LogP contribution < -0.4 is 5.32 Å². The summed E-state index contributed by atoms with van der Waals surface area (Å²) in [6.45, 7) is 3.11. The van der Waals surface area contributed by atoms with E-state index in [1.807, 2.05) is 6.07 Å². The first-order valence-corrected chi connectivity index (χ1v) is 9.86. The zero-order valence-corrected chi connectivity index (χ0v) is 18.0. The minimum absolute atomic E-state index is 0.00123. The molecule has 1 unspecified atom stereocenters. The SMILES string of the molecule is Cc1nn(Cc2ccccc2Cl)c(Cl)c1C(=O)OC(C)C(=O)Nc1ccc(F)cc1F. The Kier molecular flexibility index (Phi) is 6.92. The predicted octanol–water partition coefficient (Wildman–Crippen LogP) is 5.01. The minimum Gasteiger partial charge on any atom is -0.449 e. The Balaban J connectivity index is 1.71. The summed E-state index contributed by atoms with van der Waals surface area (Å²) in [5, 5.41) is 7.04. The Morgan fingerprint density at radius 3 is 2.58 bits per heavy atom. The summed E-state index contributed by atoms with van der Waals surface area (Å²) in [4.78, 5) is 24.9. The third kappa shape index (κ3) is 5.21. The fraction of sp³-hybridized carbons (Fsp3) is 0.190. The predicted molar refractivity (Wildman–Crippen MR) is 112 cm³/mol. The highest BCUT2D eigenvalue weighted by Gasteiger charge is 2.26. The zero-order valence-electron chi connectivity index (χ0n) is 16.5. The van der Waals surface area contributed by atoms with Gasteiger partial charge >= 0.3 is 5.97 Å². The summed E-state index contributed by atoms with van der Waals surface area (Å²) < 4.78 is 33.3. The molecule has 0 saturated heterocycles. The molecule has 0 aliphatic heterocycles. The molecule has 0 radical (unpaired) electrons. The number of carbonyl (C=O) groups excluding carboxylic acids is 2. The monoisotopic (exact) mass is 467 g/mol. The normalized spacial score (nSPS) is 11.8. The van der Waals surface area contributed by atoms with Gasteiger partial charge in [0.1, 0.15) is 22.4 Å². The van der Waals surface area contributed by atoms with Crippen molar-refractivity contribution in [3.8, 4) is 0 Å². The van der Waals surface area contributed by atoms with Crippen molar-refractivity contribution < 1.29 is 23.1 Å². The standard InChI is InChI=1S/C21H17Cl2F2N3O3/c1-11-18(19(23)28(27-11)10-13-5-3-4-6-15(13)22)21(30)31-12(2)20(29)26-17-8-7-14(24)9-16(17)25/h3-9,12H,10H2,1-2H3,(H,26,29). The van der Waals surface area contributed by atoms with E-state index >= 15 is 0 Å². The van der Waals surface area contributed by atoms with Crippen LogP contribution in [-0.4, -0.2) is 27.8 Å². The number of carbonyl (C=O) groups is 2. The van der Waals surface area contributed by atoms with E-state index in [9.17, 15) is 18.4 Å². The molecule has 2 aromatic carbocycles. The smallest absolute Gasteiger partial charge is 0.343 e. The van der Waals surface area contributed by atoms with Crippen LogP contribution in [-0.2, 0) is 16.1 Å². The highest BCUT2D eigenvalue weighted by molar-refractivity contribution is 6.33. The number of benzene rings is 2. The van der Waals surface area contributed by atoms with Gasteiger partial charge < -0.3 is 10.1 Å². The summed E-state index contributed by atoms with van der Waals surface area (Å²) in [5.41, 5.74) is 0.819. The number of hydrogen-bond donors (Lipinski definition) is 1. The molecule has 1 atom stereocenters. The molecule has 6 nitrogen and oxygen atoms in total. The molecule has 1 aromatic heterocycles. The van der Waals surface area contributed by atoms with Gasteiger partial charge in [-0.1, -0.05) is 41.4 Å². The second-order valence-electron chi connectivity index (χ2n) is 6.66. The van der Waals surface area contributed by atoms with Crippen LogP contribution in [0.5, 0.6) is 0 Å². The number of halogens is 4. The third-order valence-electron chi connectivity index (χ3n) is 4.39. The molecule has 0 fully saturated rings. The summed E-state index contributed by atoms with van der Waals surface area (Å²) in [7, 11) is 0. The van der Waals surface area contributed by atoms with Crippen LogP contribution in [0.1, 0.15) is 28.5 Å². The van der Waals surface area contributed by atoms with E-state index < -0.39 is 29.6 Å². The van der Waals surface area contributed by atoms with Crippen molar-refractivity contribution in [2.45, 2.75) is 26.5 Å². The molecule has 0 spiro atoms. The first-order valence-electron chi connectivity index (χ1n) is 9.10. The van der Waals surface area contributed by atoms with Crippen molar-refractivity contribution in [2.75, 3.05) is 5.32 Å². The first-order chi connectivity index (χ1) is 14.7. The number of esters is 1. The molecule has 162 valence electrons. The molecule has 10 heteroatoms. The van der Waals surface area contributed by atoms with Crippen molar-refractivity contribution in [3.63, 3.8) is 0 Å². The molecule has 1 N–H and O–H groups in total. The maximum atomic E-state index is 13.7. The van der Waals surface area contributed by atoms with Crippen LogP contribution in [0.15, 0.2) is 42.5 Å². The van der Waals surface area contributed by atoms with E-state index in [4.69, 9.17) is 27.9 Å². The number of anilines is 1. The van der Waals surface area contributed by atoms with Crippen LogP contribution in [0, 0.1) is 18.6 Å². The quantitative estimate of drug-likeness (QED) is 0.517. The Morgan fingerprint density at radius 2 is 1.90 bits per heavy atom. The summed E-state index contributed by atoms with van der Waals surface area (Å²) >= 11 is 12.5. The highest BCUT2D eigenvalue weighted by Crippen LogP contribution is 2.24. The molecule has 0 aliphatic rings. The lowest BCUT2D eigenvalue weighted by Gasteiger charge is -2.14. The summed E-state index contributed by atoms with van der Waals surface area (Å²) in [5.74, 6) is -3.40. The molecule has 1 amide bonds. The van der Waals surface area contributed by atoms with Gasteiger partial charge in [-0.05, 0) is 37.6 Å². The van der Waals surface area contributed by atoms with Crippen LogP contribution in [0.2, 0.25) is 10.2 Å². The molecule has 0 saturated carbocycles. The van der Waals surface area contributed by atoms with Gasteiger partial charge in [0.25, 0.3) is 5.91 Å². The topological polar surface area (TPSA) is 73.2 Å². The molecule has 0 aliphatic carbocycles. The van der Waals surface area contributed by atoms with Gasteiger partial charge in [-0.3, -0.25) is 4.79 Å². The van der Waals surface area contributed by atoms with Gasteiger partial charge in [0.15, 0.2) is 6.10 Å². The molecule has 1 heterocycles. The first kappa shape index (κ1) is 22.7. The third-order valence-corrected chi connectivity index (χ3v) is 5.14. The summed E-state index contributed by atoms with van der Waals surface area (Å²) in [6, 6.07) is 9.81. The van der Waals surface area contributed by atoms with E-state index in [0.717, 1.165) is 17.7 Å². The fourth-order valence-electron chi connectivity index (χ4n) is 2.78. The van der Waals surface area contributed by atoms with Crippen molar-refractivity contribution >= 4 is 40.8 Å². The summed E-state index contributed by atoms with van der Waals surface area (Å²) in [6.07, 6.45) is -1.28. The van der Waals surface area contributed by atoms with Crippen molar-refractivity contribution in [1.29, 1.82) is 0 Å². The Morgan fingerprint density at radius 1 is 1.19 bits per heavy atom. The number of hydrogen-bond acceptors (Lipinski definition) is 4. The van der Waals surface area contributed by atoms with E-state index in [0.29, 0.717) is 16.8 Å². The van der Waals surface area contributed by atoms with E-state index in [2.05, 4.69) is 10.4 Å². The molecule has 31 heavy (non-hydrogen) atoms. The minimum atomic E-state index is -1.28. The number of aromatic nitrogens is 2. The molecule has 0 bridgehead atoms. The molecule has 3 aromatic rings. The molecular formula is C21H17Cl2F2N3O3. The second kappa shape index (κ2) is 9.45. The largest absolute Gasteiger partial charge is 0.449 e. The lowest BCUT2D eigenvalue weighted by Crippen LogP contribution is -2.30. The average Bonchev–Trinajstić information content (AvgIpc) is 2.98. The Hall–Kier alpha value is -2.97. The molecule has 3 rings (SSSR count). The van der Waals surface area contributed by atoms with Gasteiger partial charge in [0, 0.05) is 11.1 Å². The number of aryl methyl sites for hydroxylation is 1. The van der Waals surface area contributed by atoms with Crippen LogP contribution in [0.3, 0.4) is 0 Å². The highest BCUT2D eigenvalue weighted by atomic mass is 35.5. The van der Waals surface area contributed by atoms with Gasteiger partial charge in [-0.25, -0.2) is 18.3 Å². The fourth-order valence-corrected chi connectivity index (χ4v) is 3.28. The Bertz CT molecular complexity index is 1150. The van der Waals surface area contributed by atoms with E-state index in [-0.39, 0.29) is 22.9 Å². The van der Waals surface area contributed by atoms with Gasteiger partial charge in [0.05, 0.1) is 17.9 Å². The van der Waals surface area contributed by atoms with Gasteiger partial charge in [-0.2, -0.15) is 5.10 Å². The second-order valence-corrected chi connectivity index (χ2v) is 7.43. The van der Waals surface area contributed by atoms with E-state index in [1.165, 1.54) is 11.6 Å². The van der Waals surface area contributed by atoms with E-state index in [1.54, 1.807) is 25.1 Å². The maximum Gasteiger partial charge on any atom is 0.343 e. The zero-order chi connectivity index (χ0) is 22.7.